The maximum atomic E-state index is 9.63. The molecule has 0 aromatic carbocycles. The zero-order valence-electron chi connectivity index (χ0n) is 4.86. The van der Waals surface area contributed by atoms with Crippen molar-refractivity contribution in [1.82, 2.24) is 0 Å². The van der Waals surface area contributed by atoms with E-state index in [0.717, 1.165) is 0 Å². The van der Waals surface area contributed by atoms with Crippen molar-refractivity contribution in [2.24, 2.45) is 0 Å². The number of nitrogens with zero attached hydrogens (tertiary/aromatic N) is 1. The van der Waals surface area contributed by atoms with Crippen LogP contribution in [0, 0.1) is 10.1 Å². The van der Waals surface area contributed by atoms with E-state index in [-0.39, 0.29) is 13.0 Å². The number of nitro groups is 1. The summed E-state index contributed by atoms with van der Waals surface area (Å²) in [6.45, 7) is -0.699. The first kappa shape index (κ1) is 8.32. The van der Waals surface area contributed by atoms with E-state index in [1.807, 2.05) is 0 Å². The number of hydrogen-bond acceptors (Lipinski definition) is 4. The van der Waals surface area contributed by atoms with E-state index in [4.69, 9.17) is 10.2 Å². The summed E-state index contributed by atoms with van der Waals surface area (Å²) < 4.78 is 0. The summed E-state index contributed by atoms with van der Waals surface area (Å²) in [5, 5.41) is 26.4. The molecule has 0 spiro atoms. The molecule has 0 aromatic rings. The van der Waals surface area contributed by atoms with Crippen molar-refractivity contribution in [3.63, 3.8) is 0 Å². The van der Waals surface area contributed by atoms with Crippen LogP contribution in [0.3, 0.4) is 0 Å². The first-order chi connectivity index (χ1) is 4.16. The average Bonchev–Trinajstić information content (AvgIpc) is 1.83. The van der Waals surface area contributed by atoms with Gasteiger partial charge in [-0.3, -0.25) is 10.1 Å². The fourth-order valence-electron chi connectivity index (χ4n) is 0.346. The Morgan fingerprint density at radius 3 is 2.56 bits per heavy atom. The molecule has 0 unspecified atom stereocenters. The normalized spacial score (nSPS) is 13.1. The summed E-state index contributed by atoms with van der Waals surface area (Å²) in [5.74, 6) is 0. The highest BCUT2D eigenvalue weighted by atomic mass is 16.6. The van der Waals surface area contributed by atoms with Gasteiger partial charge in [0.05, 0.1) is 12.7 Å². The van der Waals surface area contributed by atoms with Gasteiger partial charge in [-0.1, -0.05) is 0 Å². The maximum Gasteiger partial charge on any atom is 0.206 e. The van der Waals surface area contributed by atoms with Crippen molar-refractivity contribution in [3.8, 4) is 0 Å². The first-order valence-corrected chi connectivity index (χ1v) is 2.57. The van der Waals surface area contributed by atoms with E-state index in [1.165, 1.54) is 0 Å². The molecule has 0 fully saturated rings. The summed E-state index contributed by atoms with van der Waals surface area (Å²) in [6, 6.07) is 0. The van der Waals surface area contributed by atoms with Crippen molar-refractivity contribution < 1.29 is 15.1 Å². The molecule has 5 nitrogen and oxygen atoms in total. The summed E-state index contributed by atoms with van der Waals surface area (Å²) in [7, 11) is 0. The topological polar surface area (TPSA) is 83.6 Å². The van der Waals surface area contributed by atoms with Crippen LogP contribution in [0.2, 0.25) is 0 Å². The fraction of sp³-hybridized carbons (Fsp3) is 1.00. The Morgan fingerprint density at radius 2 is 2.22 bits per heavy atom. The van der Waals surface area contributed by atoms with Crippen molar-refractivity contribution in [3.05, 3.63) is 10.1 Å². The van der Waals surface area contributed by atoms with Gasteiger partial charge < -0.3 is 10.2 Å². The van der Waals surface area contributed by atoms with Crippen LogP contribution in [0.5, 0.6) is 0 Å². The summed E-state index contributed by atoms with van der Waals surface area (Å²) in [4.78, 5) is 9.10. The molecule has 0 heterocycles. The van der Waals surface area contributed by atoms with Crippen LogP contribution in [-0.2, 0) is 0 Å². The molecule has 0 rings (SSSR count). The van der Waals surface area contributed by atoms with Gasteiger partial charge in [0.1, 0.15) is 0 Å². The lowest BCUT2D eigenvalue weighted by Gasteiger charge is -2.00. The molecule has 9 heavy (non-hydrogen) atoms. The van der Waals surface area contributed by atoms with Gasteiger partial charge in [-0.2, -0.15) is 0 Å². The molecule has 0 aliphatic heterocycles. The van der Waals surface area contributed by atoms with E-state index in [1.54, 1.807) is 0 Å². The van der Waals surface area contributed by atoms with Crippen LogP contribution in [0.1, 0.15) is 6.42 Å². The Kier molecular flexibility index (Phi) is 3.90. The highest BCUT2D eigenvalue weighted by molar-refractivity contribution is 4.49. The zero-order chi connectivity index (χ0) is 7.28. The average molecular weight is 135 g/mol. The van der Waals surface area contributed by atoms with Crippen molar-refractivity contribution in [2.75, 3.05) is 13.2 Å². The molecule has 0 bridgehead atoms. The van der Waals surface area contributed by atoms with E-state index >= 15 is 0 Å². The third-order valence-electron chi connectivity index (χ3n) is 0.856. The van der Waals surface area contributed by atoms with E-state index in [2.05, 4.69) is 0 Å². The Morgan fingerprint density at radius 1 is 1.67 bits per heavy atom. The van der Waals surface area contributed by atoms with Gasteiger partial charge in [-0.15, -0.1) is 0 Å². The van der Waals surface area contributed by atoms with Crippen molar-refractivity contribution in [1.29, 1.82) is 0 Å². The molecule has 0 amide bonds. The van der Waals surface area contributed by atoms with Gasteiger partial charge in [-0.05, 0) is 0 Å². The highest BCUT2D eigenvalue weighted by Gasteiger charge is 2.05. The van der Waals surface area contributed by atoms with Crippen molar-refractivity contribution >= 4 is 0 Å². The molecule has 0 saturated heterocycles. The van der Waals surface area contributed by atoms with Gasteiger partial charge >= 0.3 is 0 Å². The first-order valence-electron chi connectivity index (χ1n) is 2.57. The molecule has 0 aromatic heterocycles. The minimum atomic E-state index is -0.949. The van der Waals surface area contributed by atoms with Gasteiger partial charge in [-0.25, -0.2) is 0 Å². The fourth-order valence-corrected chi connectivity index (χ4v) is 0.346. The number of aliphatic hydroxyl groups is 2. The summed E-state index contributed by atoms with van der Waals surface area (Å²) in [5.41, 5.74) is 0. The Labute approximate surface area is 52.1 Å². The second-order valence-corrected chi connectivity index (χ2v) is 1.68. The van der Waals surface area contributed by atoms with E-state index in [0.29, 0.717) is 0 Å². The van der Waals surface area contributed by atoms with Gasteiger partial charge in [0.2, 0.25) is 6.54 Å². The van der Waals surface area contributed by atoms with Crippen LogP contribution in [0.25, 0.3) is 0 Å². The molecule has 2 N–H and O–H groups in total. The second-order valence-electron chi connectivity index (χ2n) is 1.68. The minimum absolute atomic E-state index is 0.0174. The summed E-state index contributed by atoms with van der Waals surface area (Å²) >= 11 is 0. The van der Waals surface area contributed by atoms with E-state index < -0.39 is 17.6 Å². The van der Waals surface area contributed by atoms with Gasteiger partial charge in [0.15, 0.2) is 0 Å². The number of hydrogen-bond donors (Lipinski definition) is 2. The molecular formula is C4H9NO4. The van der Waals surface area contributed by atoms with E-state index in [9.17, 15) is 10.1 Å². The van der Waals surface area contributed by atoms with Crippen molar-refractivity contribution in [2.45, 2.75) is 12.5 Å². The molecule has 1 atom stereocenters. The Balaban J connectivity index is 3.16. The lowest BCUT2D eigenvalue weighted by molar-refractivity contribution is -0.482. The third kappa shape index (κ3) is 5.19. The van der Waals surface area contributed by atoms with Crippen LogP contribution in [-0.4, -0.2) is 34.4 Å². The molecular weight excluding hydrogens is 126 g/mol. The van der Waals surface area contributed by atoms with Crippen LogP contribution in [0.4, 0.5) is 0 Å². The second kappa shape index (κ2) is 4.22. The zero-order valence-corrected chi connectivity index (χ0v) is 4.86. The predicted molar refractivity (Wildman–Crippen MR) is 29.6 cm³/mol. The number of aliphatic hydroxyl groups excluding tert-OH is 2. The molecule has 0 radical (unpaired) electrons. The molecule has 0 saturated carbocycles. The molecule has 54 valence electrons. The SMILES string of the molecule is O=[N+]([O-])CC[C@H](O)CO. The minimum Gasteiger partial charge on any atom is -0.394 e. The standard InChI is InChI=1S/C4H9NO4/c6-3-4(7)1-2-5(8)9/h4,6-7H,1-3H2/t4-/m0/s1. The quantitative estimate of drug-likeness (QED) is 0.383. The summed E-state index contributed by atoms with van der Waals surface area (Å²) in [6.07, 6.45) is -0.931. The predicted octanol–water partition coefficient (Wildman–Crippen LogP) is -0.994. The maximum absolute atomic E-state index is 9.63. The van der Waals surface area contributed by atoms with Crippen LogP contribution >= 0.6 is 0 Å². The largest absolute Gasteiger partial charge is 0.394 e. The molecule has 0 aliphatic carbocycles. The van der Waals surface area contributed by atoms with Crippen LogP contribution in [0.15, 0.2) is 0 Å². The van der Waals surface area contributed by atoms with Gasteiger partial charge in [0.25, 0.3) is 0 Å². The number of rotatable bonds is 4. The lowest BCUT2D eigenvalue weighted by Crippen LogP contribution is -2.16. The highest BCUT2D eigenvalue weighted by Crippen LogP contribution is 1.88. The van der Waals surface area contributed by atoms with Crippen LogP contribution < -0.4 is 0 Å². The Bertz CT molecular complexity index is 94.6. The van der Waals surface area contributed by atoms with Gasteiger partial charge in [0, 0.05) is 11.3 Å². The lowest BCUT2D eigenvalue weighted by atomic mass is 10.3. The smallest absolute Gasteiger partial charge is 0.206 e. The molecule has 5 heteroatoms. The monoisotopic (exact) mass is 135 g/mol. The Hall–Kier alpha value is -0.680. The molecule has 0 aliphatic rings. The third-order valence-corrected chi connectivity index (χ3v) is 0.856.